The number of hydrogen-bond acceptors (Lipinski definition) is 0. The minimum absolute atomic E-state index is 1.30. The Kier molecular flexibility index (Phi) is 3.51. The molecular formula is C13H16. The molecule has 0 aliphatic heterocycles. The fraction of sp³-hybridized carbons (Fsp3) is 0.231. The van der Waals surface area contributed by atoms with Crippen LogP contribution >= 0.6 is 0 Å². The van der Waals surface area contributed by atoms with Crippen molar-refractivity contribution >= 4 is 5.57 Å². The Morgan fingerprint density at radius 2 is 1.77 bits per heavy atom. The molecule has 0 aliphatic carbocycles. The van der Waals surface area contributed by atoms with Crippen LogP contribution in [0.3, 0.4) is 0 Å². The van der Waals surface area contributed by atoms with Gasteiger partial charge in [-0.2, -0.15) is 0 Å². The third-order valence-corrected chi connectivity index (χ3v) is 2.05. The van der Waals surface area contributed by atoms with Gasteiger partial charge in [0.1, 0.15) is 0 Å². The van der Waals surface area contributed by atoms with Crippen LogP contribution in [-0.4, -0.2) is 0 Å². The van der Waals surface area contributed by atoms with Crippen molar-refractivity contribution in [2.75, 3.05) is 0 Å². The molecule has 0 bridgehead atoms. The fourth-order valence-corrected chi connectivity index (χ4v) is 1.15. The van der Waals surface area contributed by atoms with Gasteiger partial charge < -0.3 is 0 Å². The topological polar surface area (TPSA) is 0 Å². The van der Waals surface area contributed by atoms with Gasteiger partial charge in [-0.3, -0.25) is 0 Å². The van der Waals surface area contributed by atoms with Gasteiger partial charge in [-0.15, -0.1) is 0 Å². The highest BCUT2D eigenvalue weighted by atomic mass is 14.0. The van der Waals surface area contributed by atoms with Gasteiger partial charge in [-0.25, -0.2) is 0 Å². The van der Waals surface area contributed by atoms with Crippen LogP contribution in [0, 0.1) is 6.92 Å². The van der Waals surface area contributed by atoms with Gasteiger partial charge in [0.2, 0.25) is 0 Å². The molecule has 0 radical (unpaired) electrons. The second kappa shape index (κ2) is 4.66. The van der Waals surface area contributed by atoms with Gasteiger partial charge in [-0.1, -0.05) is 48.1 Å². The smallest absolute Gasteiger partial charge is 0.0227 e. The van der Waals surface area contributed by atoms with Gasteiger partial charge in [0, 0.05) is 0 Å². The lowest BCUT2D eigenvalue weighted by Gasteiger charge is -2.00. The van der Waals surface area contributed by atoms with E-state index in [1.54, 1.807) is 0 Å². The van der Waals surface area contributed by atoms with E-state index in [1.165, 1.54) is 16.7 Å². The second-order valence-corrected chi connectivity index (χ2v) is 3.24. The first-order valence-corrected chi connectivity index (χ1v) is 4.60. The van der Waals surface area contributed by atoms with E-state index in [0.717, 1.165) is 0 Å². The molecule has 13 heavy (non-hydrogen) atoms. The highest BCUT2D eigenvalue weighted by Crippen LogP contribution is 2.13. The molecule has 0 heteroatoms. The lowest BCUT2D eigenvalue weighted by Crippen LogP contribution is -1.78. The van der Waals surface area contributed by atoms with E-state index in [0.29, 0.717) is 0 Å². The minimum atomic E-state index is 1.30. The van der Waals surface area contributed by atoms with Crippen LogP contribution < -0.4 is 0 Å². The lowest BCUT2D eigenvalue weighted by molar-refractivity contribution is 1.44. The summed E-state index contributed by atoms with van der Waals surface area (Å²) in [6.45, 7) is 6.26. The van der Waals surface area contributed by atoms with Crippen molar-refractivity contribution in [2.45, 2.75) is 20.8 Å². The van der Waals surface area contributed by atoms with Crippen molar-refractivity contribution in [2.24, 2.45) is 0 Å². The predicted octanol–water partition coefficient (Wildman–Crippen LogP) is 3.97. The van der Waals surface area contributed by atoms with Crippen molar-refractivity contribution in [1.82, 2.24) is 0 Å². The molecule has 0 saturated carbocycles. The molecule has 0 spiro atoms. The summed E-state index contributed by atoms with van der Waals surface area (Å²) < 4.78 is 0. The van der Waals surface area contributed by atoms with E-state index in [1.807, 2.05) is 13.0 Å². The third kappa shape index (κ3) is 2.90. The monoisotopic (exact) mass is 172 g/mol. The zero-order valence-corrected chi connectivity index (χ0v) is 8.54. The Hall–Kier alpha value is -1.30. The van der Waals surface area contributed by atoms with E-state index >= 15 is 0 Å². The number of hydrogen-bond donors (Lipinski definition) is 0. The molecule has 0 nitrogen and oxygen atoms in total. The molecule has 0 amide bonds. The lowest BCUT2D eigenvalue weighted by atomic mass is 10.1. The molecule has 0 aliphatic rings. The van der Waals surface area contributed by atoms with Crippen LogP contribution in [0.4, 0.5) is 0 Å². The normalized spacial score (nSPS) is 12.4. The summed E-state index contributed by atoms with van der Waals surface area (Å²) in [6.07, 6.45) is 6.23. The van der Waals surface area contributed by atoms with Crippen LogP contribution in [-0.2, 0) is 0 Å². The largest absolute Gasteiger partial charge is 0.0877 e. The Morgan fingerprint density at radius 1 is 1.15 bits per heavy atom. The summed E-state index contributed by atoms with van der Waals surface area (Å²) in [4.78, 5) is 0. The van der Waals surface area contributed by atoms with Crippen molar-refractivity contribution in [1.29, 1.82) is 0 Å². The molecule has 0 saturated heterocycles. The number of benzene rings is 1. The molecule has 0 unspecified atom stereocenters. The molecule has 1 rings (SSSR count). The van der Waals surface area contributed by atoms with Gasteiger partial charge in [0.05, 0.1) is 0 Å². The average Bonchev–Trinajstić information content (AvgIpc) is 2.15. The molecule has 0 heterocycles. The first-order chi connectivity index (χ1) is 6.24. The quantitative estimate of drug-likeness (QED) is 0.592. The molecule has 0 atom stereocenters. The maximum absolute atomic E-state index is 2.16. The predicted molar refractivity (Wildman–Crippen MR) is 59.6 cm³/mol. The van der Waals surface area contributed by atoms with Gasteiger partial charge in [0.15, 0.2) is 0 Å². The Labute approximate surface area is 80.6 Å². The van der Waals surface area contributed by atoms with Crippen LogP contribution in [0.1, 0.15) is 25.0 Å². The Balaban J connectivity index is 2.89. The van der Waals surface area contributed by atoms with Crippen molar-refractivity contribution < 1.29 is 0 Å². The van der Waals surface area contributed by atoms with Crippen molar-refractivity contribution in [3.63, 3.8) is 0 Å². The summed E-state index contributed by atoms with van der Waals surface area (Å²) in [5.41, 5.74) is 3.91. The van der Waals surface area contributed by atoms with Crippen LogP contribution in [0.5, 0.6) is 0 Å². The maximum atomic E-state index is 2.16. The zero-order valence-electron chi connectivity index (χ0n) is 8.54. The van der Waals surface area contributed by atoms with Gasteiger partial charge in [0.25, 0.3) is 0 Å². The number of allylic oxidation sites excluding steroid dienone is 4. The molecule has 1 aromatic rings. The van der Waals surface area contributed by atoms with Crippen LogP contribution in [0.2, 0.25) is 0 Å². The Bertz CT molecular complexity index is 312. The van der Waals surface area contributed by atoms with Crippen LogP contribution in [0.15, 0.2) is 42.5 Å². The van der Waals surface area contributed by atoms with E-state index in [9.17, 15) is 0 Å². The highest BCUT2D eigenvalue weighted by Gasteiger charge is 1.92. The van der Waals surface area contributed by atoms with E-state index < -0.39 is 0 Å². The van der Waals surface area contributed by atoms with Gasteiger partial charge in [-0.05, 0) is 31.9 Å². The summed E-state index contributed by atoms with van der Waals surface area (Å²) in [5, 5.41) is 0. The maximum Gasteiger partial charge on any atom is -0.0227 e. The molecular weight excluding hydrogens is 156 g/mol. The van der Waals surface area contributed by atoms with Crippen molar-refractivity contribution in [3.8, 4) is 0 Å². The molecule has 1 aromatic carbocycles. The molecule has 0 fully saturated rings. The highest BCUT2D eigenvalue weighted by molar-refractivity contribution is 5.65. The third-order valence-electron chi connectivity index (χ3n) is 2.05. The summed E-state index contributed by atoms with van der Waals surface area (Å²) in [7, 11) is 0. The molecule has 68 valence electrons. The first kappa shape index (κ1) is 9.79. The number of aryl methyl sites for hydroxylation is 1. The average molecular weight is 172 g/mol. The summed E-state index contributed by atoms with van der Waals surface area (Å²) in [6, 6.07) is 8.60. The summed E-state index contributed by atoms with van der Waals surface area (Å²) >= 11 is 0. The zero-order chi connectivity index (χ0) is 9.68. The second-order valence-electron chi connectivity index (χ2n) is 3.24. The van der Waals surface area contributed by atoms with E-state index in [-0.39, 0.29) is 0 Å². The van der Waals surface area contributed by atoms with Gasteiger partial charge >= 0.3 is 0 Å². The van der Waals surface area contributed by atoms with Crippen molar-refractivity contribution in [3.05, 3.63) is 53.6 Å². The fourth-order valence-electron chi connectivity index (χ4n) is 1.15. The SMILES string of the molecule is CC=CC=C(C)c1ccc(C)cc1. The Morgan fingerprint density at radius 3 is 2.31 bits per heavy atom. The number of rotatable bonds is 2. The van der Waals surface area contributed by atoms with E-state index in [2.05, 4.69) is 50.3 Å². The molecule has 0 aromatic heterocycles. The standard InChI is InChI=1S/C13H16/c1-4-5-6-12(3)13-9-7-11(2)8-10-13/h4-10H,1-3H3. The molecule has 0 N–H and O–H groups in total. The minimum Gasteiger partial charge on any atom is -0.0877 e. The summed E-state index contributed by atoms with van der Waals surface area (Å²) in [5.74, 6) is 0. The first-order valence-electron chi connectivity index (χ1n) is 4.60. The van der Waals surface area contributed by atoms with Crippen LogP contribution in [0.25, 0.3) is 5.57 Å². The van der Waals surface area contributed by atoms with E-state index in [4.69, 9.17) is 0 Å².